The summed E-state index contributed by atoms with van der Waals surface area (Å²) in [6.45, 7) is 10.2. The van der Waals surface area contributed by atoms with Crippen molar-refractivity contribution < 1.29 is 14.5 Å². The number of thioether (sulfide) groups is 1. The smallest absolute Gasteiger partial charge is 0.269 e. The van der Waals surface area contributed by atoms with Crippen LogP contribution in [-0.2, 0) is 11.3 Å². The molecule has 0 aliphatic carbocycles. The van der Waals surface area contributed by atoms with Crippen LogP contribution in [0.3, 0.4) is 0 Å². The summed E-state index contributed by atoms with van der Waals surface area (Å²) in [7, 11) is 0. The lowest BCUT2D eigenvalue weighted by Gasteiger charge is -2.22. The minimum atomic E-state index is -0.475. The number of carbonyl (C=O) groups is 2. The number of hydrogen-bond donors (Lipinski definition) is 2. The van der Waals surface area contributed by atoms with Gasteiger partial charge in [-0.3, -0.25) is 19.7 Å². The molecule has 3 aromatic rings. The molecular formula is C25H30N6O4S. The van der Waals surface area contributed by atoms with Crippen LogP contribution in [0.1, 0.15) is 54.1 Å². The van der Waals surface area contributed by atoms with Gasteiger partial charge in [0.05, 0.1) is 16.7 Å². The predicted molar refractivity (Wildman–Crippen MR) is 139 cm³/mol. The Bertz CT molecular complexity index is 1270. The van der Waals surface area contributed by atoms with Crippen LogP contribution in [0.2, 0.25) is 0 Å². The highest BCUT2D eigenvalue weighted by atomic mass is 32.2. The highest BCUT2D eigenvalue weighted by molar-refractivity contribution is 7.99. The summed E-state index contributed by atoms with van der Waals surface area (Å²) in [4.78, 5) is 35.9. The maximum atomic E-state index is 12.9. The first kappa shape index (κ1) is 26.9. The van der Waals surface area contributed by atoms with E-state index in [2.05, 4.69) is 20.8 Å². The first-order chi connectivity index (χ1) is 17.1. The number of nitro benzene ring substituents is 1. The van der Waals surface area contributed by atoms with E-state index in [0.29, 0.717) is 34.3 Å². The number of aromatic nitrogens is 3. The van der Waals surface area contributed by atoms with E-state index in [4.69, 9.17) is 0 Å². The van der Waals surface area contributed by atoms with Crippen molar-refractivity contribution in [2.45, 2.75) is 52.4 Å². The van der Waals surface area contributed by atoms with Gasteiger partial charge in [-0.05, 0) is 50.5 Å². The van der Waals surface area contributed by atoms with Gasteiger partial charge in [0.25, 0.3) is 11.6 Å². The average Bonchev–Trinajstić information content (AvgIpc) is 3.24. The first-order valence-corrected chi connectivity index (χ1v) is 12.6. The summed E-state index contributed by atoms with van der Waals surface area (Å²) < 4.78 is 1.90. The van der Waals surface area contributed by atoms with E-state index >= 15 is 0 Å². The van der Waals surface area contributed by atoms with Gasteiger partial charge >= 0.3 is 0 Å². The molecule has 0 aliphatic heterocycles. The standard InChI is InChI=1S/C25H30N6O4S/c1-6-30-23(22(15(2)3)27-24(33)18-9-7-8-16(4)12-18)28-29-25(30)36-14-21(32)26-20-11-10-19(31(34)35)13-17(20)5/h7-13,15,22H,6,14H2,1-5H3,(H,26,32)(H,27,33)/t22-/m1/s1. The SMILES string of the molecule is CCn1c(SCC(=O)Nc2ccc([N+](=O)[O-])cc2C)nnc1[C@H](NC(=O)c1cccc(C)c1)C(C)C. The molecule has 0 aliphatic rings. The number of aryl methyl sites for hydroxylation is 2. The molecule has 0 radical (unpaired) electrons. The number of nitrogens with zero attached hydrogens (tertiary/aromatic N) is 4. The van der Waals surface area contributed by atoms with Crippen LogP contribution in [0.5, 0.6) is 0 Å². The Morgan fingerprint density at radius 2 is 1.89 bits per heavy atom. The average molecular weight is 511 g/mol. The molecule has 2 aromatic carbocycles. The highest BCUT2D eigenvalue weighted by Gasteiger charge is 2.26. The molecule has 11 heteroatoms. The third-order valence-electron chi connectivity index (χ3n) is 5.60. The van der Waals surface area contributed by atoms with E-state index in [0.717, 1.165) is 5.56 Å². The molecule has 1 atom stereocenters. The fraction of sp³-hybridized carbons (Fsp3) is 0.360. The number of hydrogen-bond acceptors (Lipinski definition) is 7. The molecule has 36 heavy (non-hydrogen) atoms. The summed E-state index contributed by atoms with van der Waals surface area (Å²) in [5, 5.41) is 26.0. The van der Waals surface area contributed by atoms with Gasteiger partial charge in [-0.15, -0.1) is 10.2 Å². The molecule has 0 spiro atoms. The van der Waals surface area contributed by atoms with Crippen molar-refractivity contribution in [1.82, 2.24) is 20.1 Å². The second kappa shape index (κ2) is 11.8. The summed E-state index contributed by atoms with van der Waals surface area (Å²) in [6.07, 6.45) is 0. The molecule has 0 saturated carbocycles. The first-order valence-electron chi connectivity index (χ1n) is 11.6. The minimum Gasteiger partial charge on any atom is -0.342 e. The molecule has 0 saturated heterocycles. The lowest BCUT2D eigenvalue weighted by atomic mass is 10.0. The van der Waals surface area contributed by atoms with E-state index in [1.807, 2.05) is 50.5 Å². The number of rotatable bonds is 10. The van der Waals surface area contributed by atoms with E-state index in [-0.39, 0.29) is 35.2 Å². The van der Waals surface area contributed by atoms with E-state index < -0.39 is 4.92 Å². The molecular weight excluding hydrogens is 480 g/mol. The van der Waals surface area contributed by atoms with Crippen LogP contribution in [0.15, 0.2) is 47.6 Å². The van der Waals surface area contributed by atoms with Crippen molar-refractivity contribution in [2.75, 3.05) is 11.1 Å². The number of carbonyl (C=O) groups excluding carboxylic acids is 2. The van der Waals surface area contributed by atoms with E-state index in [1.54, 1.807) is 13.0 Å². The van der Waals surface area contributed by atoms with Crippen LogP contribution in [0.25, 0.3) is 0 Å². The van der Waals surface area contributed by atoms with Gasteiger partial charge in [-0.2, -0.15) is 0 Å². The van der Waals surface area contributed by atoms with Gasteiger partial charge in [0, 0.05) is 29.9 Å². The minimum absolute atomic E-state index is 0.0300. The molecule has 2 amide bonds. The summed E-state index contributed by atoms with van der Waals surface area (Å²) in [5.74, 6) is 0.311. The van der Waals surface area contributed by atoms with Crippen molar-refractivity contribution in [3.05, 3.63) is 75.1 Å². The van der Waals surface area contributed by atoms with Crippen LogP contribution in [0, 0.1) is 29.9 Å². The largest absolute Gasteiger partial charge is 0.342 e. The number of non-ortho nitro benzene ring substituents is 1. The van der Waals surface area contributed by atoms with Crippen LogP contribution >= 0.6 is 11.8 Å². The predicted octanol–water partition coefficient (Wildman–Crippen LogP) is 4.68. The number of nitro groups is 1. The molecule has 10 nitrogen and oxygen atoms in total. The van der Waals surface area contributed by atoms with E-state index in [1.165, 1.54) is 30.0 Å². The van der Waals surface area contributed by atoms with Crippen LogP contribution in [0.4, 0.5) is 11.4 Å². The third-order valence-corrected chi connectivity index (χ3v) is 6.57. The quantitative estimate of drug-likeness (QED) is 0.230. The highest BCUT2D eigenvalue weighted by Crippen LogP contribution is 2.26. The molecule has 1 heterocycles. The Morgan fingerprint density at radius 3 is 2.50 bits per heavy atom. The van der Waals surface area contributed by atoms with Crippen LogP contribution in [-0.4, -0.2) is 37.3 Å². The molecule has 0 bridgehead atoms. The molecule has 1 aromatic heterocycles. The lowest BCUT2D eigenvalue weighted by Crippen LogP contribution is -2.33. The van der Waals surface area contributed by atoms with Gasteiger partial charge in [-0.25, -0.2) is 0 Å². The summed E-state index contributed by atoms with van der Waals surface area (Å²) >= 11 is 1.24. The van der Waals surface area contributed by atoms with Gasteiger partial charge < -0.3 is 15.2 Å². The topological polar surface area (TPSA) is 132 Å². The van der Waals surface area contributed by atoms with Gasteiger partial charge in [0.15, 0.2) is 11.0 Å². The Labute approximate surface area is 214 Å². The lowest BCUT2D eigenvalue weighted by molar-refractivity contribution is -0.384. The zero-order valence-corrected chi connectivity index (χ0v) is 21.8. The Morgan fingerprint density at radius 1 is 1.14 bits per heavy atom. The second-order valence-electron chi connectivity index (χ2n) is 8.74. The third kappa shape index (κ3) is 6.48. The van der Waals surface area contributed by atoms with Crippen molar-refractivity contribution in [3.8, 4) is 0 Å². The van der Waals surface area contributed by atoms with Crippen molar-refractivity contribution in [2.24, 2.45) is 5.92 Å². The Kier molecular flexibility index (Phi) is 8.81. The maximum absolute atomic E-state index is 12.9. The Balaban J connectivity index is 1.71. The van der Waals surface area contributed by atoms with E-state index in [9.17, 15) is 19.7 Å². The number of anilines is 1. The van der Waals surface area contributed by atoms with Crippen molar-refractivity contribution in [1.29, 1.82) is 0 Å². The normalized spacial score (nSPS) is 11.8. The fourth-order valence-electron chi connectivity index (χ4n) is 3.69. The van der Waals surface area contributed by atoms with Crippen molar-refractivity contribution in [3.63, 3.8) is 0 Å². The number of amides is 2. The zero-order valence-electron chi connectivity index (χ0n) is 20.9. The molecule has 2 N–H and O–H groups in total. The zero-order chi connectivity index (χ0) is 26.4. The van der Waals surface area contributed by atoms with Gasteiger partial charge in [0.2, 0.25) is 5.91 Å². The molecule has 190 valence electrons. The summed E-state index contributed by atoms with van der Waals surface area (Å²) in [5.41, 5.74) is 2.67. The number of nitrogens with one attached hydrogen (secondary N) is 2. The maximum Gasteiger partial charge on any atom is 0.269 e. The van der Waals surface area contributed by atoms with Crippen LogP contribution < -0.4 is 10.6 Å². The van der Waals surface area contributed by atoms with Gasteiger partial charge in [0.1, 0.15) is 0 Å². The van der Waals surface area contributed by atoms with Gasteiger partial charge in [-0.1, -0.05) is 43.3 Å². The summed E-state index contributed by atoms with van der Waals surface area (Å²) in [6, 6.07) is 11.3. The molecule has 3 rings (SSSR count). The molecule has 0 unspecified atom stereocenters. The monoisotopic (exact) mass is 510 g/mol. The number of benzene rings is 2. The fourth-order valence-corrected chi connectivity index (χ4v) is 4.50. The second-order valence-corrected chi connectivity index (χ2v) is 9.69. The molecule has 0 fully saturated rings. The van der Waals surface area contributed by atoms with Crippen molar-refractivity contribution >= 4 is 35.0 Å². The Hall–Kier alpha value is -3.73.